The van der Waals surface area contributed by atoms with E-state index < -0.39 is 0 Å². The van der Waals surface area contributed by atoms with Crippen LogP contribution in [0.1, 0.15) is 18.1 Å². The van der Waals surface area contributed by atoms with Gasteiger partial charge in [0.2, 0.25) is 5.91 Å². The van der Waals surface area contributed by atoms with E-state index in [4.69, 9.17) is 4.74 Å². The topological polar surface area (TPSA) is 66.0 Å². The molecule has 0 saturated heterocycles. The smallest absolute Gasteiger partial charge is 0.241 e. The summed E-state index contributed by atoms with van der Waals surface area (Å²) in [7, 11) is 3.46. The van der Waals surface area contributed by atoms with Crippen molar-refractivity contribution in [1.82, 2.24) is 15.5 Å². The van der Waals surface area contributed by atoms with Crippen LogP contribution in [-0.2, 0) is 17.9 Å². The maximum atomic E-state index is 11.8. The molecule has 2 aromatic rings. The fraction of sp³-hybridized carbons (Fsp3) is 0.333. The van der Waals surface area contributed by atoms with Crippen molar-refractivity contribution >= 4 is 11.9 Å². The van der Waals surface area contributed by atoms with Crippen molar-refractivity contribution in [3.8, 4) is 5.75 Å². The summed E-state index contributed by atoms with van der Waals surface area (Å²) in [5.74, 6) is 1.41. The predicted octanol–water partition coefficient (Wildman–Crippen LogP) is 2.41. The van der Waals surface area contributed by atoms with Crippen molar-refractivity contribution in [3.63, 3.8) is 0 Å². The zero-order chi connectivity index (χ0) is 19.5. The standard InChI is InChI=1S/C21H28N4O2/c1-4-22-21(24-15-20(26)25(2)3)23-14-18-12-8-9-13-19(18)27-16-17-10-6-5-7-11-17/h5-13H,4,14-16H2,1-3H3,(H2,22,23,24). The van der Waals surface area contributed by atoms with E-state index in [-0.39, 0.29) is 12.5 Å². The number of carbonyl (C=O) groups is 1. The van der Waals surface area contributed by atoms with E-state index in [1.165, 1.54) is 0 Å². The molecule has 6 nitrogen and oxygen atoms in total. The Bertz CT molecular complexity index is 745. The van der Waals surface area contributed by atoms with E-state index >= 15 is 0 Å². The largest absolute Gasteiger partial charge is 0.489 e. The van der Waals surface area contributed by atoms with Gasteiger partial charge in [0, 0.05) is 26.2 Å². The summed E-state index contributed by atoms with van der Waals surface area (Å²) in [6.45, 7) is 3.87. The van der Waals surface area contributed by atoms with Gasteiger partial charge in [-0.05, 0) is 18.6 Å². The fourth-order valence-corrected chi connectivity index (χ4v) is 2.33. The van der Waals surface area contributed by atoms with Crippen LogP contribution in [-0.4, -0.2) is 44.0 Å². The molecular formula is C21H28N4O2. The van der Waals surface area contributed by atoms with E-state index in [9.17, 15) is 4.79 Å². The minimum absolute atomic E-state index is 0.00722. The molecule has 0 saturated carbocycles. The normalized spacial score (nSPS) is 11.0. The van der Waals surface area contributed by atoms with E-state index in [0.29, 0.717) is 25.7 Å². The minimum Gasteiger partial charge on any atom is -0.489 e. The third-order valence-electron chi connectivity index (χ3n) is 3.87. The van der Waals surface area contributed by atoms with Gasteiger partial charge in [-0.3, -0.25) is 4.79 Å². The molecule has 1 amide bonds. The van der Waals surface area contributed by atoms with Crippen molar-refractivity contribution < 1.29 is 9.53 Å². The van der Waals surface area contributed by atoms with Gasteiger partial charge in [-0.15, -0.1) is 0 Å². The number of para-hydroxylation sites is 1. The molecule has 0 aliphatic carbocycles. The number of hydrogen-bond donors (Lipinski definition) is 2. The van der Waals surface area contributed by atoms with Crippen molar-refractivity contribution in [2.45, 2.75) is 20.1 Å². The van der Waals surface area contributed by atoms with Gasteiger partial charge in [-0.25, -0.2) is 4.99 Å². The highest BCUT2D eigenvalue weighted by Gasteiger charge is 2.07. The van der Waals surface area contributed by atoms with E-state index in [0.717, 1.165) is 16.9 Å². The molecule has 27 heavy (non-hydrogen) atoms. The Hall–Kier alpha value is -3.02. The van der Waals surface area contributed by atoms with Crippen molar-refractivity contribution in [1.29, 1.82) is 0 Å². The summed E-state index contributed by atoms with van der Waals surface area (Å²) in [5.41, 5.74) is 2.11. The second kappa shape index (κ2) is 10.9. The number of ether oxygens (including phenoxy) is 1. The van der Waals surface area contributed by atoms with Crippen LogP contribution in [0.5, 0.6) is 5.75 Å². The van der Waals surface area contributed by atoms with E-state index in [1.54, 1.807) is 19.0 Å². The number of likely N-dealkylation sites (N-methyl/N-ethyl adjacent to an activating group) is 1. The van der Waals surface area contributed by atoms with Gasteiger partial charge in [0.05, 0.1) is 13.1 Å². The third kappa shape index (κ3) is 7.01. The van der Waals surface area contributed by atoms with Gasteiger partial charge in [0.15, 0.2) is 5.96 Å². The number of hydrogen-bond acceptors (Lipinski definition) is 3. The number of nitrogens with zero attached hydrogens (tertiary/aromatic N) is 2. The van der Waals surface area contributed by atoms with Crippen LogP contribution < -0.4 is 15.4 Å². The average molecular weight is 368 g/mol. The maximum Gasteiger partial charge on any atom is 0.241 e. The lowest BCUT2D eigenvalue weighted by Gasteiger charge is -2.15. The predicted molar refractivity (Wildman–Crippen MR) is 109 cm³/mol. The van der Waals surface area contributed by atoms with E-state index in [1.807, 2.05) is 61.5 Å². The molecule has 144 valence electrons. The average Bonchev–Trinajstić information content (AvgIpc) is 2.69. The number of carbonyl (C=O) groups excluding carboxylic acids is 1. The number of aliphatic imine (C=N–C) groups is 1. The highest BCUT2D eigenvalue weighted by molar-refractivity contribution is 5.86. The highest BCUT2D eigenvalue weighted by atomic mass is 16.5. The first kappa shape index (κ1) is 20.3. The van der Waals surface area contributed by atoms with Crippen LogP contribution in [0.25, 0.3) is 0 Å². The van der Waals surface area contributed by atoms with Gasteiger partial charge in [0.25, 0.3) is 0 Å². The van der Waals surface area contributed by atoms with Gasteiger partial charge in [-0.1, -0.05) is 48.5 Å². The van der Waals surface area contributed by atoms with Crippen molar-refractivity contribution in [3.05, 3.63) is 65.7 Å². The zero-order valence-electron chi connectivity index (χ0n) is 16.2. The molecule has 0 aliphatic rings. The molecule has 2 rings (SSSR count). The minimum atomic E-state index is -0.00722. The highest BCUT2D eigenvalue weighted by Crippen LogP contribution is 2.20. The number of rotatable bonds is 8. The lowest BCUT2D eigenvalue weighted by molar-refractivity contribution is -0.127. The second-order valence-corrected chi connectivity index (χ2v) is 6.22. The number of amides is 1. The van der Waals surface area contributed by atoms with Crippen LogP contribution in [0.3, 0.4) is 0 Å². The number of nitrogens with one attached hydrogen (secondary N) is 2. The molecule has 0 bridgehead atoms. The van der Waals surface area contributed by atoms with Crippen molar-refractivity contribution in [2.75, 3.05) is 27.2 Å². The molecule has 6 heteroatoms. The van der Waals surface area contributed by atoms with Crippen LogP contribution >= 0.6 is 0 Å². The quantitative estimate of drug-likeness (QED) is 0.555. The lowest BCUT2D eigenvalue weighted by atomic mass is 10.2. The van der Waals surface area contributed by atoms with Crippen LogP contribution in [0.15, 0.2) is 59.6 Å². The summed E-state index contributed by atoms with van der Waals surface area (Å²) in [5, 5.41) is 6.21. The first-order valence-corrected chi connectivity index (χ1v) is 9.07. The number of benzene rings is 2. The molecule has 2 aromatic carbocycles. The van der Waals surface area contributed by atoms with Gasteiger partial charge in [0.1, 0.15) is 12.4 Å². The Labute approximate surface area is 161 Å². The van der Waals surface area contributed by atoms with Crippen molar-refractivity contribution in [2.24, 2.45) is 4.99 Å². The van der Waals surface area contributed by atoms with Gasteiger partial charge in [-0.2, -0.15) is 0 Å². The Morgan fingerprint density at radius 2 is 1.74 bits per heavy atom. The monoisotopic (exact) mass is 368 g/mol. The molecule has 0 aromatic heterocycles. The summed E-state index contributed by atoms with van der Waals surface area (Å²) in [6, 6.07) is 17.9. The Kier molecular flexibility index (Phi) is 8.16. The maximum absolute atomic E-state index is 11.8. The molecule has 0 radical (unpaired) electrons. The molecular weight excluding hydrogens is 340 g/mol. The van der Waals surface area contributed by atoms with Gasteiger partial charge < -0.3 is 20.3 Å². The molecule has 0 atom stereocenters. The number of guanidine groups is 1. The van der Waals surface area contributed by atoms with Crippen LogP contribution in [0.4, 0.5) is 0 Å². The molecule has 0 heterocycles. The summed E-state index contributed by atoms with van der Waals surface area (Å²) < 4.78 is 5.97. The zero-order valence-corrected chi connectivity index (χ0v) is 16.2. The summed E-state index contributed by atoms with van der Waals surface area (Å²) >= 11 is 0. The Balaban J connectivity index is 2.01. The first-order chi connectivity index (χ1) is 13.1. The first-order valence-electron chi connectivity index (χ1n) is 9.07. The van der Waals surface area contributed by atoms with Crippen LogP contribution in [0, 0.1) is 0 Å². The molecule has 2 N–H and O–H groups in total. The summed E-state index contributed by atoms with van der Waals surface area (Å²) in [6.07, 6.45) is 0. The van der Waals surface area contributed by atoms with Gasteiger partial charge >= 0.3 is 0 Å². The molecule has 0 spiro atoms. The Morgan fingerprint density at radius 3 is 2.44 bits per heavy atom. The Morgan fingerprint density at radius 1 is 1.04 bits per heavy atom. The molecule has 0 unspecified atom stereocenters. The third-order valence-corrected chi connectivity index (χ3v) is 3.87. The lowest BCUT2D eigenvalue weighted by Crippen LogP contribution is -2.42. The summed E-state index contributed by atoms with van der Waals surface area (Å²) in [4.78, 5) is 17.9. The SMILES string of the molecule is CCNC(=NCc1ccccc1OCc1ccccc1)NCC(=O)N(C)C. The van der Waals surface area contributed by atoms with Crippen LogP contribution in [0.2, 0.25) is 0 Å². The van der Waals surface area contributed by atoms with E-state index in [2.05, 4.69) is 15.6 Å². The fourth-order valence-electron chi connectivity index (χ4n) is 2.33. The molecule has 0 fully saturated rings. The molecule has 0 aliphatic heterocycles. The second-order valence-electron chi connectivity index (χ2n) is 6.22.